The zero-order valence-corrected chi connectivity index (χ0v) is 22.7. The largest absolute Gasteiger partial charge is 0.349 e. The van der Waals surface area contributed by atoms with E-state index in [1.807, 2.05) is 75.4 Å². The average Bonchev–Trinajstić information content (AvgIpc) is 3.36. The molecule has 0 saturated carbocycles. The second kappa shape index (κ2) is 11.2. The number of pyridine rings is 1. The predicted octanol–water partition coefficient (Wildman–Crippen LogP) is 5.19. The maximum Gasteiger partial charge on any atom is 0.247 e. The molecule has 9 heteroatoms. The number of nitrogens with zero attached hydrogens (tertiary/aromatic N) is 5. The molecule has 2 aromatic heterocycles. The highest BCUT2D eigenvalue weighted by Gasteiger charge is 2.34. The van der Waals surface area contributed by atoms with Crippen LogP contribution in [0, 0.1) is 5.82 Å². The molecule has 0 saturated heterocycles. The van der Waals surface area contributed by atoms with Crippen molar-refractivity contribution in [3.8, 4) is 0 Å². The Morgan fingerprint density at radius 2 is 1.77 bits per heavy atom. The van der Waals surface area contributed by atoms with Crippen LogP contribution in [0.25, 0.3) is 21.9 Å². The van der Waals surface area contributed by atoms with Crippen molar-refractivity contribution in [3.05, 3.63) is 102 Å². The van der Waals surface area contributed by atoms with Gasteiger partial charge in [-0.2, -0.15) is 0 Å². The lowest BCUT2D eigenvalue weighted by Gasteiger charge is -2.35. The van der Waals surface area contributed by atoms with Gasteiger partial charge in [0.1, 0.15) is 23.9 Å². The minimum atomic E-state index is -0.970. The molecule has 5 rings (SSSR count). The maximum absolute atomic E-state index is 14.1. The molecule has 2 amide bonds. The van der Waals surface area contributed by atoms with E-state index >= 15 is 0 Å². The van der Waals surface area contributed by atoms with Gasteiger partial charge in [-0.25, -0.2) is 9.07 Å². The fourth-order valence-corrected chi connectivity index (χ4v) is 4.59. The Labute approximate surface area is 231 Å². The quantitative estimate of drug-likeness (QED) is 0.279. The lowest BCUT2D eigenvalue weighted by atomic mass is 9.97. The summed E-state index contributed by atoms with van der Waals surface area (Å²) in [7, 11) is 0. The Morgan fingerprint density at radius 1 is 1.00 bits per heavy atom. The second-order valence-electron chi connectivity index (χ2n) is 10.5. The smallest absolute Gasteiger partial charge is 0.247 e. The first-order chi connectivity index (χ1) is 19.2. The molecule has 0 unspecified atom stereocenters. The number of para-hydroxylation sites is 1. The lowest BCUT2D eigenvalue weighted by molar-refractivity contribution is -0.143. The zero-order chi connectivity index (χ0) is 28.3. The Hall–Kier alpha value is -4.66. The summed E-state index contributed by atoms with van der Waals surface area (Å²) in [4.78, 5) is 34.1. The molecule has 0 aliphatic heterocycles. The van der Waals surface area contributed by atoms with Crippen molar-refractivity contribution in [2.75, 3.05) is 0 Å². The van der Waals surface area contributed by atoms with Crippen LogP contribution in [0.5, 0.6) is 0 Å². The number of rotatable bonds is 9. The van der Waals surface area contributed by atoms with Crippen molar-refractivity contribution >= 4 is 33.8 Å². The van der Waals surface area contributed by atoms with Crippen LogP contribution in [-0.4, -0.2) is 42.2 Å². The first-order valence-electron chi connectivity index (χ1n) is 13.2. The third kappa shape index (κ3) is 5.83. The molecule has 40 heavy (non-hydrogen) atoms. The number of hydrogen-bond donors (Lipinski definition) is 1. The van der Waals surface area contributed by atoms with Crippen LogP contribution in [0.3, 0.4) is 0 Å². The normalized spacial score (nSPS) is 12.4. The number of fused-ring (bicyclic) bond motifs is 2. The van der Waals surface area contributed by atoms with Crippen molar-refractivity contribution in [2.24, 2.45) is 0 Å². The average molecular weight is 539 g/mol. The number of benzene rings is 3. The molecule has 0 aliphatic rings. The topological polar surface area (TPSA) is 93.0 Å². The Morgan fingerprint density at radius 3 is 2.55 bits per heavy atom. The molecule has 0 fully saturated rings. The summed E-state index contributed by atoms with van der Waals surface area (Å²) >= 11 is 0. The van der Waals surface area contributed by atoms with Crippen LogP contribution in [0.2, 0.25) is 0 Å². The highest BCUT2D eigenvalue weighted by Crippen LogP contribution is 2.28. The van der Waals surface area contributed by atoms with Crippen molar-refractivity contribution in [1.29, 1.82) is 0 Å². The summed E-state index contributed by atoms with van der Waals surface area (Å²) in [6, 6.07) is 21.7. The minimum Gasteiger partial charge on any atom is -0.349 e. The SMILES string of the molecule is CCC(C)(C)NC(=O)[C@H](c1ccc2ncccc2c1)N(Cc1ccc(F)cc1)C(=O)Cn1nnc2ccccc21. The van der Waals surface area contributed by atoms with Gasteiger partial charge in [0.15, 0.2) is 0 Å². The van der Waals surface area contributed by atoms with E-state index in [4.69, 9.17) is 0 Å². The van der Waals surface area contributed by atoms with Crippen LogP contribution in [0.4, 0.5) is 4.39 Å². The Bertz CT molecular complexity index is 1660. The number of nitrogens with one attached hydrogen (secondary N) is 1. The molecule has 0 bridgehead atoms. The number of amides is 2. The van der Waals surface area contributed by atoms with Crippen LogP contribution in [-0.2, 0) is 22.7 Å². The first-order valence-corrected chi connectivity index (χ1v) is 13.2. The summed E-state index contributed by atoms with van der Waals surface area (Å²) < 4.78 is 15.3. The molecule has 5 aromatic rings. The minimum absolute atomic E-state index is 0.0848. The third-order valence-electron chi connectivity index (χ3n) is 7.14. The van der Waals surface area contributed by atoms with Gasteiger partial charge in [0.25, 0.3) is 0 Å². The first kappa shape index (κ1) is 26.9. The van der Waals surface area contributed by atoms with E-state index in [1.54, 1.807) is 18.3 Å². The highest BCUT2D eigenvalue weighted by molar-refractivity contribution is 5.91. The fraction of sp³-hybridized carbons (Fsp3) is 0.258. The van der Waals surface area contributed by atoms with Crippen molar-refractivity contribution < 1.29 is 14.0 Å². The van der Waals surface area contributed by atoms with E-state index in [2.05, 4.69) is 20.6 Å². The fourth-order valence-electron chi connectivity index (χ4n) is 4.59. The van der Waals surface area contributed by atoms with Gasteiger partial charge in [-0.15, -0.1) is 5.10 Å². The molecule has 0 radical (unpaired) electrons. The molecule has 2 heterocycles. The molecular formula is C31H31FN6O2. The lowest BCUT2D eigenvalue weighted by Crippen LogP contribution is -2.50. The van der Waals surface area contributed by atoms with Crippen LogP contribution in [0.15, 0.2) is 85.1 Å². The maximum atomic E-state index is 14.1. The van der Waals surface area contributed by atoms with E-state index < -0.39 is 11.6 Å². The molecule has 204 valence electrons. The van der Waals surface area contributed by atoms with E-state index in [9.17, 15) is 14.0 Å². The second-order valence-corrected chi connectivity index (χ2v) is 10.5. The molecule has 0 aliphatic carbocycles. The monoisotopic (exact) mass is 538 g/mol. The van der Waals surface area contributed by atoms with Gasteiger partial charge < -0.3 is 10.2 Å². The molecule has 1 N–H and O–H groups in total. The molecule has 3 aromatic carbocycles. The number of aromatic nitrogens is 4. The van der Waals surface area contributed by atoms with Gasteiger partial charge in [-0.05, 0) is 73.9 Å². The van der Waals surface area contributed by atoms with Crippen LogP contribution in [0.1, 0.15) is 44.4 Å². The van der Waals surface area contributed by atoms with Gasteiger partial charge in [0.2, 0.25) is 11.8 Å². The predicted molar refractivity (Wildman–Crippen MR) is 151 cm³/mol. The van der Waals surface area contributed by atoms with Crippen LogP contribution < -0.4 is 5.32 Å². The van der Waals surface area contributed by atoms with Crippen molar-refractivity contribution in [2.45, 2.75) is 51.9 Å². The Balaban J connectivity index is 1.60. The molecule has 1 atom stereocenters. The molecular weight excluding hydrogens is 507 g/mol. The summed E-state index contributed by atoms with van der Waals surface area (Å²) in [6.07, 6.45) is 2.41. The van der Waals surface area contributed by atoms with Gasteiger partial charge in [-0.3, -0.25) is 14.6 Å². The summed E-state index contributed by atoms with van der Waals surface area (Å²) in [5, 5.41) is 12.3. The van der Waals surface area contributed by atoms with E-state index in [1.165, 1.54) is 21.7 Å². The van der Waals surface area contributed by atoms with Crippen molar-refractivity contribution in [1.82, 2.24) is 30.2 Å². The number of carbonyl (C=O) groups is 2. The molecule has 8 nitrogen and oxygen atoms in total. The summed E-state index contributed by atoms with van der Waals surface area (Å²) in [5.74, 6) is -1.02. The number of carbonyl (C=O) groups excluding carboxylic acids is 2. The third-order valence-corrected chi connectivity index (χ3v) is 7.14. The highest BCUT2D eigenvalue weighted by atomic mass is 19.1. The summed E-state index contributed by atoms with van der Waals surface area (Å²) in [6.45, 7) is 5.84. The van der Waals surface area contributed by atoms with E-state index in [-0.39, 0.29) is 30.7 Å². The standard InChI is InChI=1S/C31H31FN6O2/c1-4-31(2,3)34-30(40)29(23-13-16-25-22(18-23)8-7-17-33-25)37(19-21-11-14-24(32)15-12-21)28(39)20-38-27-10-6-5-9-26(27)35-36-38/h5-18,29H,4,19-20H2,1-3H3,(H,34,40)/t29-/m0/s1. The number of halogens is 1. The van der Waals surface area contributed by atoms with Gasteiger partial charge in [0.05, 0.1) is 11.0 Å². The summed E-state index contributed by atoms with van der Waals surface area (Å²) in [5.41, 5.74) is 2.99. The van der Waals surface area contributed by atoms with Gasteiger partial charge in [0, 0.05) is 23.7 Å². The van der Waals surface area contributed by atoms with Gasteiger partial charge >= 0.3 is 0 Å². The van der Waals surface area contributed by atoms with Gasteiger partial charge in [-0.1, -0.05) is 48.5 Å². The van der Waals surface area contributed by atoms with E-state index in [0.717, 1.165) is 10.9 Å². The van der Waals surface area contributed by atoms with Crippen molar-refractivity contribution in [3.63, 3.8) is 0 Å². The zero-order valence-electron chi connectivity index (χ0n) is 22.7. The van der Waals surface area contributed by atoms with E-state index in [0.29, 0.717) is 28.6 Å². The molecule has 0 spiro atoms. The van der Waals surface area contributed by atoms with Crippen LogP contribution >= 0.6 is 0 Å². The number of hydrogen-bond acceptors (Lipinski definition) is 5. The Kier molecular flexibility index (Phi) is 7.55.